The smallest absolute Gasteiger partial charge is 0.335 e. The van der Waals surface area contributed by atoms with E-state index in [-0.39, 0.29) is 17.6 Å². The van der Waals surface area contributed by atoms with Gasteiger partial charge in [0.05, 0.1) is 12.1 Å². The number of amides is 2. The number of nitrogens with one attached hydrogen (secondary N) is 1. The van der Waals surface area contributed by atoms with Crippen molar-refractivity contribution in [1.82, 2.24) is 10.2 Å². The lowest BCUT2D eigenvalue weighted by atomic mass is 10.1. The second kappa shape index (κ2) is 6.11. The number of carboxylic acids is 1. The summed E-state index contributed by atoms with van der Waals surface area (Å²) in [7, 11) is 0. The van der Waals surface area contributed by atoms with Crippen molar-refractivity contribution in [2.75, 3.05) is 6.54 Å². The van der Waals surface area contributed by atoms with Crippen LogP contribution in [-0.4, -0.2) is 34.6 Å². The lowest BCUT2D eigenvalue weighted by Crippen LogP contribution is -2.41. The van der Waals surface area contributed by atoms with Crippen molar-refractivity contribution < 1.29 is 14.7 Å². The van der Waals surface area contributed by atoms with Crippen LogP contribution in [0, 0.1) is 12.3 Å². The Balaban J connectivity index is 1.89. The van der Waals surface area contributed by atoms with Gasteiger partial charge in [0.25, 0.3) is 0 Å². The van der Waals surface area contributed by atoms with Crippen LogP contribution in [0.15, 0.2) is 24.3 Å². The first-order valence-corrected chi connectivity index (χ1v) is 6.42. The van der Waals surface area contributed by atoms with Gasteiger partial charge in [0.1, 0.15) is 0 Å². The van der Waals surface area contributed by atoms with E-state index in [1.807, 2.05) is 0 Å². The molecular weight excluding hydrogens is 256 g/mol. The summed E-state index contributed by atoms with van der Waals surface area (Å²) in [5.41, 5.74) is 1.08. The largest absolute Gasteiger partial charge is 0.478 e. The molecule has 2 N–H and O–H groups in total. The summed E-state index contributed by atoms with van der Waals surface area (Å²) in [6.07, 6.45) is 7.26. The van der Waals surface area contributed by atoms with Crippen LogP contribution in [0.1, 0.15) is 28.8 Å². The Labute approximate surface area is 117 Å². The molecule has 0 heterocycles. The highest BCUT2D eigenvalue weighted by atomic mass is 16.4. The van der Waals surface area contributed by atoms with Gasteiger partial charge in [0, 0.05) is 12.6 Å². The van der Waals surface area contributed by atoms with Crippen LogP contribution >= 0.6 is 0 Å². The van der Waals surface area contributed by atoms with Gasteiger partial charge in [0.2, 0.25) is 0 Å². The van der Waals surface area contributed by atoms with Gasteiger partial charge in [-0.2, -0.15) is 0 Å². The fourth-order valence-electron chi connectivity index (χ4n) is 1.90. The molecule has 2 rings (SSSR count). The number of benzene rings is 1. The summed E-state index contributed by atoms with van der Waals surface area (Å²) in [5.74, 6) is 1.52. The third-order valence-electron chi connectivity index (χ3n) is 3.15. The summed E-state index contributed by atoms with van der Waals surface area (Å²) in [5, 5.41) is 11.6. The highest BCUT2D eigenvalue weighted by molar-refractivity contribution is 5.87. The maximum Gasteiger partial charge on any atom is 0.335 e. The molecule has 2 amide bonds. The minimum Gasteiger partial charge on any atom is -0.478 e. The fraction of sp³-hybridized carbons (Fsp3) is 0.333. The van der Waals surface area contributed by atoms with Gasteiger partial charge >= 0.3 is 12.0 Å². The first kappa shape index (κ1) is 13.9. The number of hydrogen-bond acceptors (Lipinski definition) is 2. The van der Waals surface area contributed by atoms with Gasteiger partial charge in [-0.3, -0.25) is 0 Å². The van der Waals surface area contributed by atoms with Crippen LogP contribution in [0.3, 0.4) is 0 Å². The SMILES string of the molecule is C#CCN(C(=O)NCc1ccc(C(=O)O)cc1)C1CC1. The zero-order valence-electron chi connectivity index (χ0n) is 11.0. The van der Waals surface area contributed by atoms with Crippen molar-refractivity contribution in [2.45, 2.75) is 25.4 Å². The summed E-state index contributed by atoms with van der Waals surface area (Å²) < 4.78 is 0. The van der Waals surface area contributed by atoms with Crippen LogP contribution in [0.4, 0.5) is 4.79 Å². The minimum absolute atomic E-state index is 0.173. The highest BCUT2D eigenvalue weighted by Crippen LogP contribution is 2.26. The van der Waals surface area contributed by atoms with E-state index in [1.54, 1.807) is 17.0 Å². The van der Waals surface area contributed by atoms with E-state index in [0.717, 1.165) is 18.4 Å². The number of carbonyl (C=O) groups is 2. The zero-order valence-corrected chi connectivity index (χ0v) is 11.0. The van der Waals surface area contributed by atoms with E-state index in [2.05, 4.69) is 11.2 Å². The molecule has 1 fully saturated rings. The van der Waals surface area contributed by atoms with Gasteiger partial charge in [-0.15, -0.1) is 6.42 Å². The second-order valence-corrected chi connectivity index (χ2v) is 4.72. The minimum atomic E-state index is -0.963. The predicted molar refractivity (Wildman–Crippen MR) is 74.2 cm³/mol. The van der Waals surface area contributed by atoms with Gasteiger partial charge in [0.15, 0.2) is 0 Å². The van der Waals surface area contributed by atoms with Gasteiger partial charge < -0.3 is 15.3 Å². The summed E-state index contributed by atoms with van der Waals surface area (Å²) in [6, 6.07) is 6.50. The third-order valence-corrected chi connectivity index (χ3v) is 3.15. The van der Waals surface area contributed by atoms with Gasteiger partial charge in [-0.25, -0.2) is 9.59 Å². The third kappa shape index (κ3) is 3.51. The number of carboxylic acid groups (broad SMARTS) is 1. The Bertz CT molecular complexity index is 541. The van der Waals surface area contributed by atoms with E-state index in [0.29, 0.717) is 13.1 Å². The number of urea groups is 1. The first-order valence-electron chi connectivity index (χ1n) is 6.42. The van der Waals surface area contributed by atoms with Gasteiger partial charge in [-0.1, -0.05) is 18.1 Å². The Kier molecular flexibility index (Phi) is 4.26. The lowest BCUT2D eigenvalue weighted by molar-refractivity contribution is 0.0697. The Hall–Kier alpha value is -2.48. The molecule has 0 aromatic heterocycles. The van der Waals surface area contributed by atoms with Crippen molar-refractivity contribution in [3.63, 3.8) is 0 Å². The second-order valence-electron chi connectivity index (χ2n) is 4.72. The number of rotatable bonds is 5. The van der Waals surface area contributed by atoms with E-state index < -0.39 is 5.97 Å². The van der Waals surface area contributed by atoms with E-state index >= 15 is 0 Å². The Morgan fingerprint density at radius 1 is 1.35 bits per heavy atom. The normalized spacial score (nSPS) is 13.3. The average molecular weight is 272 g/mol. The molecule has 1 aromatic rings. The summed E-state index contributed by atoms with van der Waals surface area (Å²) >= 11 is 0. The van der Waals surface area contributed by atoms with Crippen LogP contribution in [0.2, 0.25) is 0 Å². The maximum absolute atomic E-state index is 12.0. The topological polar surface area (TPSA) is 69.6 Å². The van der Waals surface area contributed by atoms with Crippen molar-refractivity contribution in [3.05, 3.63) is 35.4 Å². The monoisotopic (exact) mass is 272 g/mol. The molecule has 0 aliphatic heterocycles. The standard InChI is InChI=1S/C15H16N2O3/c1-2-9-17(13-7-8-13)15(20)16-10-11-3-5-12(6-4-11)14(18)19/h1,3-6,13H,7-10H2,(H,16,20)(H,18,19). The average Bonchev–Trinajstić information content (AvgIpc) is 3.27. The molecule has 1 aliphatic carbocycles. The van der Waals surface area contributed by atoms with Crippen molar-refractivity contribution in [3.8, 4) is 12.3 Å². The molecule has 0 bridgehead atoms. The fourth-order valence-corrected chi connectivity index (χ4v) is 1.90. The van der Waals surface area contributed by atoms with E-state index in [9.17, 15) is 9.59 Å². The number of terminal acetylenes is 1. The number of carbonyl (C=O) groups excluding carboxylic acids is 1. The summed E-state index contributed by atoms with van der Waals surface area (Å²) in [6.45, 7) is 0.668. The summed E-state index contributed by atoms with van der Waals surface area (Å²) in [4.78, 5) is 24.4. The molecule has 20 heavy (non-hydrogen) atoms. The Morgan fingerprint density at radius 2 is 2.00 bits per heavy atom. The van der Waals surface area contributed by atoms with E-state index in [4.69, 9.17) is 11.5 Å². The molecule has 0 saturated heterocycles. The van der Waals surface area contributed by atoms with E-state index in [1.165, 1.54) is 12.1 Å². The molecule has 1 saturated carbocycles. The molecular formula is C15H16N2O3. The molecule has 104 valence electrons. The van der Waals surface area contributed by atoms with Crippen molar-refractivity contribution in [1.29, 1.82) is 0 Å². The molecule has 0 spiro atoms. The van der Waals surface area contributed by atoms with Crippen LogP contribution < -0.4 is 5.32 Å². The van der Waals surface area contributed by atoms with Crippen molar-refractivity contribution in [2.24, 2.45) is 0 Å². The van der Waals surface area contributed by atoms with Gasteiger partial charge in [-0.05, 0) is 30.5 Å². The van der Waals surface area contributed by atoms with Crippen LogP contribution in [0.25, 0.3) is 0 Å². The first-order chi connectivity index (χ1) is 9.61. The van der Waals surface area contributed by atoms with Crippen molar-refractivity contribution >= 4 is 12.0 Å². The zero-order chi connectivity index (χ0) is 14.5. The Morgan fingerprint density at radius 3 is 2.50 bits per heavy atom. The maximum atomic E-state index is 12.0. The molecule has 0 unspecified atom stereocenters. The molecule has 0 atom stereocenters. The predicted octanol–water partition coefficient (Wildman–Crippen LogP) is 1.69. The van der Waals surface area contributed by atoms with Crippen LogP contribution in [0.5, 0.6) is 0 Å². The molecule has 1 aromatic carbocycles. The quantitative estimate of drug-likeness (QED) is 0.801. The number of nitrogens with zero attached hydrogens (tertiary/aromatic N) is 1. The molecule has 5 nitrogen and oxygen atoms in total. The molecule has 1 aliphatic rings. The number of hydrogen-bond donors (Lipinski definition) is 2. The lowest BCUT2D eigenvalue weighted by Gasteiger charge is -2.20. The molecule has 0 radical (unpaired) electrons. The highest BCUT2D eigenvalue weighted by Gasteiger charge is 2.31. The van der Waals surface area contributed by atoms with Crippen LogP contribution in [-0.2, 0) is 6.54 Å². The number of aromatic carboxylic acids is 1. The molecule has 5 heteroatoms.